The van der Waals surface area contributed by atoms with Gasteiger partial charge in [-0.05, 0) is 38.3 Å². The third-order valence-corrected chi connectivity index (χ3v) is 4.00. The Kier molecular flexibility index (Phi) is 2.94. The molecule has 0 saturated heterocycles. The Hall–Kier alpha value is -1.61. The molecule has 0 radical (unpaired) electrons. The molecule has 0 atom stereocenters. The second-order valence-electron chi connectivity index (χ2n) is 5.18. The van der Waals surface area contributed by atoms with Crippen LogP contribution in [0.4, 0.5) is 5.82 Å². The number of nitrogens with zero attached hydrogens (tertiary/aromatic N) is 2. The smallest absolute Gasteiger partial charge is 0.134 e. The predicted molar refractivity (Wildman–Crippen MR) is 78.3 cm³/mol. The van der Waals surface area contributed by atoms with Crippen molar-refractivity contribution in [1.29, 1.82) is 0 Å². The van der Waals surface area contributed by atoms with Crippen LogP contribution in [0.25, 0.3) is 11.3 Å². The van der Waals surface area contributed by atoms with Crippen molar-refractivity contribution in [1.82, 2.24) is 9.97 Å². The fraction of sp³-hybridized carbons (Fsp3) is 0.333. The van der Waals surface area contributed by atoms with Gasteiger partial charge in [0.05, 0.1) is 5.69 Å². The Labute approximate surface area is 117 Å². The van der Waals surface area contributed by atoms with Crippen molar-refractivity contribution in [2.45, 2.75) is 32.6 Å². The van der Waals surface area contributed by atoms with Crippen LogP contribution in [-0.4, -0.2) is 9.97 Å². The molecule has 1 saturated carbocycles. The van der Waals surface area contributed by atoms with E-state index in [0.717, 1.165) is 46.1 Å². The Balaban J connectivity index is 2.14. The van der Waals surface area contributed by atoms with Crippen molar-refractivity contribution in [2.75, 3.05) is 5.73 Å². The first-order chi connectivity index (χ1) is 9.06. The number of hydrogen-bond donors (Lipinski definition) is 1. The van der Waals surface area contributed by atoms with Gasteiger partial charge in [0.1, 0.15) is 11.6 Å². The maximum Gasteiger partial charge on any atom is 0.134 e. The van der Waals surface area contributed by atoms with E-state index in [2.05, 4.69) is 9.97 Å². The van der Waals surface area contributed by atoms with Gasteiger partial charge in [-0.3, -0.25) is 0 Å². The maximum atomic E-state index is 6.20. The lowest BCUT2D eigenvalue weighted by molar-refractivity contribution is 0.928. The zero-order chi connectivity index (χ0) is 13.6. The highest BCUT2D eigenvalue weighted by Crippen LogP contribution is 2.40. The molecule has 3 nitrogen and oxygen atoms in total. The van der Waals surface area contributed by atoms with Gasteiger partial charge in [0.2, 0.25) is 0 Å². The lowest BCUT2D eigenvalue weighted by Crippen LogP contribution is -2.04. The quantitative estimate of drug-likeness (QED) is 0.903. The van der Waals surface area contributed by atoms with Crippen LogP contribution in [0.3, 0.4) is 0 Å². The highest BCUT2D eigenvalue weighted by molar-refractivity contribution is 6.31. The topological polar surface area (TPSA) is 51.8 Å². The lowest BCUT2D eigenvalue weighted by Gasteiger charge is -2.11. The summed E-state index contributed by atoms with van der Waals surface area (Å²) in [4.78, 5) is 9.08. The molecule has 2 aromatic rings. The third-order valence-electron chi connectivity index (χ3n) is 3.59. The number of benzene rings is 1. The van der Waals surface area contributed by atoms with E-state index in [1.165, 1.54) is 0 Å². The number of nitrogen functional groups attached to an aromatic ring is 1. The van der Waals surface area contributed by atoms with Crippen LogP contribution in [0.15, 0.2) is 18.2 Å². The molecule has 0 bridgehead atoms. The highest BCUT2D eigenvalue weighted by atomic mass is 35.5. The Morgan fingerprint density at radius 2 is 1.95 bits per heavy atom. The van der Waals surface area contributed by atoms with E-state index < -0.39 is 0 Å². The van der Waals surface area contributed by atoms with E-state index in [1.807, 2.05) is 32.0 Å². The highest BCUT2D eigenvalue weighted by Gasteiger charge is 2.28. The molecule has 1 fully saturated rings. The van der Waals surface area contributed by atoms with E-state index in [4.69, 9.17) is 17.3 Å². The summed E-state index contributed by atoms with van der Waals surface area (Å²) in [6.07, 6.45) is 2.33. The number of aromatic nitrogens is 2. The average molecular weight is 274 g/mol. The molecular formula is C15H16ClN3. The molecule has 19 heavy (non-hydrogen) atoms. The summed E-state index contributed by atoms with van der Waals surface area (Å²) < 4.78 is 0. The first kappa shape index (κ1) is 12.4. The fourth-order valence-corrected chi connectivity index (χ4v) is 2.28. The average Bonchev–Trinajstić information content (AvgIpc) is 3.20. The van der Waals surface area contributed by atoms with Gasteiger partial charge in [-0.1, -0.05) is 23.7 Å². The maximum absolute atomic E-state index is 6.20. The molecular weight excluding hydrogens is 258 g/mol. The molecule has 98 valence electrons. The molecule has 2 N–H and O–H groups in total. The minimum Gasteiger partial charge on any atom is -0.383 e. The second-order valence-corrected chi connectivity index (χ2v) is 5.59. The van der Waals surface area contributed by atoms with Gasteiger partial charge in [-0.25, -0.2) is 9.97 Å². The standard InChI is InChI=1S/C15H16ClN3/c1-8-3-4-11(7-12(8)16)13-9(2)14(17)19-15(18-13)10-5-6-10/h3-4,7,10H,5-6H2,1-2H3,(H2,17,18,19). The minimum absolute atomic E-state index is 0.488. The monoisotopic (exact) mass is 273 g/mol. The molecule has 1 aromatic heterocycles. The Morgan fingerprint density at radius 3 is 2.58 bits per heavy atom. The lowest BCUT2D eigenvalue weighted by atomic mass is 10.1. The summed E-state index contributed by atoms with van der Waals surface area (Å²) >= 11 is 6.20. The van der Waals surface area contributed by atoms with E-state index in [-0.39, 0.29) is 0 Å². The minimum atomic E-state index is 0.488. The number of rotatable bonds is 2. The van der Waals surface area contributed by atoms with Crippen molar-refractivity contribution in [3.8, 4) is 11.3 Å². The molecule has 3 rings (SSSR count). The first-order valence-corrected chi connectivity index (χ1v) is 6.84. The van der Waals surface area contributed by atoms with Crippen LogP contribution < -0.4 is 5.73 Å². The first-order valence-electron chi connectivity index (χ1n) is 6.47. The van der Waals surface area contributed by atoms with E-state index >= 15 is 0 Å². The van der Waals surface area contributed by atoms with Gasteiger partial charge in [0.25, 0.3) is 0 Å². The largest absolute Gasteiger partial charge is 0.383 e. The van der Waals surface area contributed by atoms with Crippen LogP contribution >= 0.6 is 11.6 Å². The van der Waals surface area contributed by atoms with Crippen LogP contribution in [0, 0.1) is 13.8 Å². The Bertz CT molecular complexity index is 648. The van der Waals surface area contributed by atoms with Crippen LogP contribution in [-0.2, 0) is 0 Å². The zero-order valence-electron chi connectivity index (χ0n) is 11.1. The molecule has 0 aliphatic heterocycles. The van der Waals surface area contributed by atoms with Crippen molar-refractivity contribution in [2.24, 2.45) is 0 Å². The summed E-state index contributed by atoms with van der Waals surface area (Å²) in [5.41, 5.74) is 9.89. The summed E-state index contributed by atoms with van der Waals surface area (Å²) in [7, 11) is 0. The van der Waals surface area contributed by atoms with Gasteiger partial charge < -0.3 is 5.73 Å². The van der Waals surface area contributed by atoms with Gasteiger partial charge in [0, 0.05) is 22.1 Å². The van der Waals surface area contributed by atoms with E-state index in [9.17, 15) is 0 Å². The van der Waals surface area contributed by atoms with Gasteiger partial charge in [0.15, 0.2) is 0 Å². The van der Waals surface area contributed by atoms with E-state index in [0.29, 0.717) is 11.7 Å². The zero-order valence-corrected chi connectivity index (χ0v) is 11.8. The molecule has 1 heterocycles. The van der Waals surface area contributed by atoms with Crippen molar-refractivity contribution >= 4 is 17.4 Å². The number of aryl methyl sites for hydroxylation is 1. The third kappa shape index (κ3) is 2.30. The summed E-state index contributed by atoms with van der Waals surface area (Å²) in [6, 6.07) is 5.99. The SMILES string of the molecule is Cc1ccc(-c2nc(C3CC3)nc(N)c2C)cc1Cl. The number of hydrogen-bond acceptors (Lipinski definition) is 3. The molecule has 1 aliphatic rings. The van der Waals surface area contributed by atoms with Crippen molar-refractivity contribution < 1.29 is 0 Å². The molecule has 0 amide bonds. The number of nitrogens with two attached hydrogens (primary N) is 1. The van der Waals surface area contributed by atoms with Gasteiger partial charge >= 0.3 is 0 Å². The second kappa shape index (κ2) is 4.49. The normalized spacial score (nSPS) is 14.7. The van der Waals surface area contributed by atoms with Crippen LogP contribution in [0.2, 0.25) is 5.02 Å². The molecule has 4 heteroatoms. The van der Waals surface area contributed by atoms with Crippen molar-refractivity contribution in [3.05, 3.63) is 40.2 Å². The Morgan fingerprint density at radius 1 is 1.21 bits per heavy atom. The fourth-order valence-electron chi connectivity index (χ4n) is 2.10. The number of halogens is 1. The summed E-state index contributed by atoms with van der Waals surface area (Å²) in [5, 5.41) is 0.752. The van der Waals surface area contributed by atoms with Crippen LogP contribution in [0.5, 0.6) is 0 Å². The molecule has 0 spiro atoms. The van der Waals surface area contributed by atoms with Gasteiger partial charge in [-0.2, -0.15) is 0 Å². The van der Waals surface area contributed by atoms with E-state index in [1.54, 1.807) is 0 Å². The number of anilines is 1. The van der Waals surface area contributed by atoms with Gasteiger partial charge in [-0.15, -0.1) is 0 Å². The summed E-state index contributed by atoms with van der Waals surface area (Å²) in [5.74, 6) is 1.93. The summed E-state index contributed by atoms with van der Waals surface area (Å²) in [6.45, 7) is 3.94. The predicted octanol–water partition coefficient (Wildman–Crippen LogP) is 3.87. The van der Waals surface area contributed by atoms with Crippen LogP contribution in [0.1, 0.15) is 35.7 Å². The molecule has 1 aliphatic carbocycles. The van der Waals surface area contributed by atoms with Crippen molar-refractivity contribution in [3.63, 3.8) is 0 Å². The molecule has 0 unspecified atom stereocenters. The molecule has 1 aromatic carbocycles.